The molecule has 1 aliphatic heterocycles. The van der Waals surface area contributed by atoms with Gasteiger partial charge in [-0.3, -0.25) is 0 Å². The number of hydrogen-bond acceptors (Lipinski definition) is 4. The Balaban J connectivity index is 2.05. The van der Waals surface area contributed by atoms with Crippen LogP contribution in [0.3, 0.4) is 0 Å². The largest absolute Gasteiger partial charge is 0.444 e. The molecule has 1 unspecified atom stereocenters. The summed E-state index contributed by atoms with van der Waals surface area (Å²) in [5, 5.41) is 0. The summed E-state index contributed by atoms with van der Waals surface area (Å²) in [6.07, 6.45) is -0.453. The number of piperazine rings is 1. The van der Waals surface area contributed by atoms with Crippen LogP contribution in [-0.4, -0.2) is 55.0 Å². The molecule has 1 aromatic carbocycles. The number of benzene rings is 1. The standard InChI is InChI=1S/C17H25FN2O4S/c1-13-11-19(16(21)24-17(2,3)4)9-10-20(13)25(22,23)12-14-7-5-6-8-15(14)18/h5-8,13H,9-12H2,1-4H3. The lowest BCUT2D eigenvalue weighted by molar-refractivity contribution is 0.0143. The Bertz CT molecular complexity index is 730. The van der Waals surface area contributed by atoms with Crippen LogP contribution >= 0.6 is 0 Å². The van der Waals surface area contributed by atoms with E-state index in [4.69, 9.17) is 4.74 Å². The maximum Gasteiger partial charge on any atom is 0.410 e. The molecule has 1 aromatic rings. The minimum absolute atomic E-state index is 0.143. The van der Waals surface area contributed by atoms with Crippen molar-refractivity contribution in [1.29, 1.82) is 0 Å². The number of halogens is 1. The number of nitrogens with zero attached hydrogens (tertiary/aromatic N) is 2. The number of rotatable bonds is 3. The monoisotopic (exact) mass is 372 g/mol. The molecule has 0 N–H and O–H groups in total. The van der Waals surface area contributed by atoms with Crippen molar-refractivity contribution >= 4 is 16.1 Å². The average Bonchev–Trinajstić information content (AvgIpc) is 2.47. The predicted octanol–water partition coefficient (Wildman–Crippen LogP) is 2.60. The van der Waals surface area contributed by atoms with Crippen LogP contribution in [0, 0.1) is 5.82 Å². The second-order valence-electron chi connectivity index (χ2n) is 7.23. The molecule has 1 amide bonds. The van der Waals surface area contributed by atoms with E-state index in [0.29, 0.717) is 0 Å². The third-order valence-electron chi connectivity index (χ3n) is 3.87. The average molecular weight is 372 g/mol. The fourth-order valence-corrected chi connectivity index (χ4v) is 4.51. The Labute approximate surface area is 148 Å². The summed E-state index contributed by atoms with van der Waals surface area (Å²) in [5.74, 6) is -0.928. The fourth-order valence-electron chi connectivity index (χ4n) is 2.74. The van der Waals surface area contributed by atoms with E-state index in [0.717, 1.165) is 0 Å². The Morgan fingerprint density at radius 2 is 1.92 bits per heavy atom. The first-order chi connectivity index (χ1) is 11.5. The molecule has 1 atom stereocenters. The summed E-state index contributed by atoms with van der Waals surface area (Å²) in [6.45, 7) is 7.73. The van der Waals surface area contributed by atoms with E-state index in [-0.39, 0.29) is 25.2 Å². The highest BCUT2D eigenvalue weighted by Crippen LogP contribution is 2.21. The van der Waals surface area contributed by atoms with Crippen LogP contribution in [0.2, 0.25) is 0 Å². The molecule has 1 fully saturated rings. The molecule has 1 aliphatic rings. The van der Waals surface area contributed by atoms with Crippen LogP contribution in [0.15, 0.2) is 24.3 Å². The fraction of sp³-hybridized carbons (Fsp3) is 0.588. The summed E-state index contributed by atoms with van der Waals surface area (Å²) in [6, 6.07) is 5.44. The smallest absolute Gasteiger partial charge is 0.410 e. The molecule has 0 saturated carbocycles. The van der Waals surface area contributed by atoms with Gasteiger partial charge in [0.2, 0.25) is 10.0 Å². The summed E-state index contributed by atoms with van der Waals surface area (Å²) < 4.78 is 45.7. The zero-order valence-electron chi connectivity index (χ0n) is 15.0. The number of carbonyl (C=O) groups excluding carboxylic acids is 1. The number of sulfonamides is 1. The van der Waals surface area contributed by atoms with Gasteiger partial charge in [-0.25, -0.2) is 17.6 Å². The van der Waals surface area contributed by atoms with E-state index >= 15 is 0 Å². The van der Waals surface area contributed by atoms with Crippen LogP contribution in [0.1, 0.15) is 33.3 Å². The molecule has 6 nitrogen and oxygen atoms in total. The van der Waals surface area contributed by atoms with Gasteiger partial charge in [0.05, 0.1) is 5.75 Å². The molecule has 8 heteroatoms. The highest BCUT2D eigenvalue weighted by atomic mass is 32.2. The van der Waals surface area contributed by atoms with E-state index in [1.165, 1.54) is 27.4 Å². The van der Waals surface area contributed by atoms with Crippen molar-refractivity contribution in [1.82, 2.24) is 9.21 Å². The molecule has 1 saturated heterocycles. The van der Waals surface area contributed by atoms with E-state index in [1.54, 1.807) is 33.8 Å². The Morgan fingerprint density at radius 3 is 2.48 bits per heavy atom. The third-order valence-corrected chi connectivity index (χ3v) is 5.80. The predicted molar refractivity (Wildman–Crippen MR) is 93.0 cm³/mol. The molecule has 0 aliphatic carbocycles. The van der Waals surface area contributed by atoms with Crippen molar-refractivity contribution in [2.75, 3.05) is 19.6 Å². The highest BCUT2D eigenvalue weighted by molar-refractivity contribution is 7.88. The molecule has 140 valence electrons. The second kappa shape index (κ2) is 7.29. The van der Waals surface area contributed by atoms with Crippen molar-refractivity contribution in [3.05, 3.63) is 35.6 Å². The van der Waals surface area contributed by atoms with Crippen LogP contribution in [0.4, 0.5) is 9.18 Å². The van der Waals surface area contributed by atoms with Crippen LogP contribution in [0.5, 0.6) is 0 Å². The lowest BCUT2D eigenvalue weighted by Crippen LogP contribution is -2.56. The van der Waals surface area contributed by atoms with Gasteiger partial charge in [0.15, 0.2) is 0 Å². The summed E-state index contributed by atoms with van der Waals surface area (Å²) in [7, 11) is -3.68. The van der Waals surface area contributed by atoms with Gasteiger partial charge in [0, 0.05) is 31.2 Å². The summed E-state index contributed by atoms with van der Waals surface area (Å²) in [5.41, 5.74) is -0.460. The van der Waals surface area contributed by atoms with Crippen LogP contribution < -0.4 is 0 Å². The molecule has 0 aromatic heterocycles. The van der Waals surface area contributed by atoms with Crippen molar-refractivity contribution in [2.24, 2.45) is 0 Å². The Hall–Kier alpha value is -1.67. The third kappa shape index (κ3) is 5.15. The quantitative estimate of drug-likeness (QED) is 0.818. The van der Waals surface area contributed by atoms with Crippen LogP contribution in [-0.2, 0) is 20.5 Å². The van der Waals surface area contributed by atoms with E-state index in [9.17, 15) is 17.6 Å². The van der Waals surface area contributed by atoms with E-state index in [2.05, 4.69) is 0 Å². The van der Waals surface area contributed by atoms with Crippen LogP contribution in [0.25, 0.3) is 0 Å². The SMILES string of the molecule is CC1CN(C(=O)OC(C)(C)C)CCN1S(=O)(=O)Cc1ccccc1F. The molecule has 2 rings (SSSR count). The lowest BCUT2D eigenvalue weighted by Gasteiger charge is -2.39. The second-order valence-corrected chi connectivity index (χ2v) is 9.16. The summed E-state index contributed by atoms with van der Waals surface area (Å²) in [4.78, 5) is 13.6. The van der Waals surface area contributed by atoms with Gasteiger partial charge < -0.3 is 9.64 Å². The van der Waals surface area contributed by atoms with Gasteiger partial charge in [-0.15, -0.1) is 0 Å². The normalized spacial score (nSPS) is 19.7. The molecule has 0 radical (unpaired) electrons. The van der Waals surface area contributed by atoms with Crippen molar-refractivity contribution in [3.8, 4) is 0 Å². The van der Waals surface area contributed by atoms with E-state index in [1.807, 2.05) is 0 Å². The molecule has 1 heterocycles. The zero-order chi connectivity index (χ0) is 18.8. The summed E-state index contributed by atoms with van der Waals surface area (Å²) >= 11 is 0. The first kappa shape index (κ1) is 19.7. The van der Waals surface area contributed by atoms with Gasteiger partial charge in [-0.2, -0.15) is 4.31 Å². The van der Waals surface area contributed by atoms with Crippen molar-refractivity contribution < 1.29 is 22.3 Å². The first-order valence-corrected chi connectivity index (χ1v) is 9.81. The van der Waals surface area contributed by atoms with Gasteiger partial charge in [0.25, 0.3) is 0 Å². The molecule has 0 spiro atoms. The molecule has 0 bridgehead atoms. The Kier molecular flexibility index (Phi) is 5.73. The minimum atomic E-state index is -3.68. The minimum Gasteiger partial charge on any atom is -0.444 e. The first-order valence-electron chi connectivity index (χ1n) is 8.20. The van der Waals surface area contributed by atoms with Crippen molar-refractivity contribution in [3.63, 3.8) is 0 Å². The molecular formula is C17H25FN2O4S. The molecule has 25 heavy (non-hydrogen) atoms. The maximum absolute atomic E-state index is 13.8. The number of hydrogen-bond donors (Lipinski definition) is 0. The lowest BCUT2D eigenvalue weighted by atomic mass is 10.2. The highest BCUT2D eigenvalue weighted by Gasteiger charge is 2.35. The zero-order valence-corrected chi connectivity index (χ0v) is 15.8. The van der Waals surface area contributed by atoms with Gasteiger partial charge in [0.1, 0.15) is 11.4 Å². The van der Waals surface area contributed by atoms with E-state index < -0.39 is 39.3 Å². The van der Waals surface area contributed by atoms with Crippen molar-refractivity contribution in [2.45, 2.75) is 45.1 Å². The van der Waals surface area contributed by atoms with Gasteiger partial charge in [-0.1, -0.05) is 18.2 Å². The topological polar surface area (TPSA) is 66.9 Å². The number of ether oxygens (including phenoxy) is 1. The van der Waals surface area contributed by atoms with Gasteiger partial charge in [-0.05, 0) is 33.8 Å². The molecular weight excluding hydrogens is 347 g/mol. The number of carbonyl (C=O) groups is 1. The Morgan fingerprint density at radius 1 is 1.28 bits per heavy atom. The van der Waals surface area contributed by atoms with Gasteiger partial charge >= 0.3 is 6.09 Å². The maximum atomic E-state index is 13.8. The number of amides is 1.